The number of nitrogens with one attached hydrogen (secondary N) is 4. The Morgan fingerprint density at radius 3 is 2.22 bits per heavy atom. The van der Waals surface area contributed by atoms with Crippen LogP contribution in [0.15, 0.2) is 5.70 Å². The molecule has 192 valence electrons. The second kappa shape index (κ2) is 10.6. The van der Waals surface area contributed by atoms with Gasteiger partial charge in [0.05, 0.1) is 0 Å². The van der Waals surface area contributed by atoms with Crippen molar-refractivity contribution in [1.82, 2.24) is 20.3 Å². The number of aliphatic carboxylic acids is 1. The zero-order chi connectivity index (χ0) is 26.0. The monoisotopic (exact) mass is 490 g/mol. The van der Waals surface area contributed by atoms with Crippen molar-refractivity contribution in [3.63, 3.8) is 0 Å². The highest BCUT2D eigenvalue weighted by Gasteiger charge is 2.19. The second-order valence-electron chi connectivity index (χ2n) is 9.45. The number of ether oxygens (including phenoxy) is 1. The lowest BCUT2D eigenvalue weighted by atomic mass is 10.1. The summed E-state index contributed by atoms with van der Waals surface area (Å²) in [6, 6.07) is 0. The van der Waals surface area contributed by atoms with Crippen molar-refractivity contribution < 1.29 is 14.6 Å². The topological polar surface area (TPSA) is 106 Å². The van der Waals surface area contributed by atoms with E-state index < -0.39 is 5.97 Å². The maximum atomic E-state index is 11.3. The van der Waals surface area contributed by atoms with E-state index in [1.807, 2.05) is 0 Å². The smallest absolute Gasteiger partial charge is 0.303 e. The molecule has 1 aliphatic heterocycles. The summed E-state index contributed by atoms with van der Waals surface area (Å²) in [7, 11) is 0. The molecule has 1 aliphatic rings. The van der Waals surface area contributed by atoms with Crippen LogP contribution < -0.4 is 20.8 Å². The van der Waals surface area contributed by atoms with Crippen molar-refractivity contribution in [2.24, 2.45) is 0 Å². The Hall–Kier alpha value is -3.61. The first-order chi connectivity index (χ1) is 17.3. The van der Waals surface area contributed by atoms with Crippen LogP contribution in [0.4, 0.5) is 0 Å². The van der Waals surface area contributed by atoms with E-state index in [9.17, 15) is 9.90 Å². The molecule has 7 heteroatoms. The molecule has 3 aromatic rings. The maximum absolute atomic E-state index is 11.3. The molecular formula is C29H38N4O3. The van der Waals surface area contributed by atoms with Crippen molar-refractivity contribution >= 4 is 24.2 Å². The minimum atomic E-state index is -0.790. The van der Waals surface area contributed by atoms with E-state index in [0.29, 0.717) is 13.0 Å². The van der Waals surface area contributed by atoms with Crippen LogP contribution in [0.25, 0.3) is 18.2 Å². The maximum Gasteiger partial charge on any atom is 0.303 e. The Bertz CT molecular complexity index is 1430. The lowest BCUT2D eigenvalue weighted by molar-refractivity contribution is -0.136. The third kappa shape index (κ3) is 4.87. The normalized spacial score (nSPS) is 16.7. The molecule has 0 atom stereocenters. The fourth-order valence-electron chi connectivity index (χ4n) is 5.13. The number of carboxylic acids is 1. The van der Waals surface area contributed by atoms with Crippen molar-refractivity contribution in [3.05, 3.63) is 61.2 Å². The number of carboxylic acid groups (broad SMARTS) is 1. The van der Waals surface area contributed by atoms with Crippen LogP contribution in [-0.2, 0) is 24.1 Å². The molecule has 0 aromatic carbocycles. The molecule has 6 bridgehead atoms. The van der Waals surface area contributed by atoms with Crippen molar-refractivity contribution in [3.8, 4) is 11.8 Å². The Balaban J connectivity index is 1.95. The molecule has 0 saturated carbocycles. The van der Waals surface area contributed by atoms with Gasteiger partial charge in [0, 0.05) is 51.9 Å². The lowest BCUT2D eigenvalue weighted by Gasteiger charge is -2.07. The minimum Gasteiger partial charge on any atom is -0.481 e. The fourth-order valence-corrected chi connectivity index (χ4v) is 5.13. The van der Waals surface area contributed by atoms with E-state index in [4.69, 9.17) is 4.74 Å². The third-order valence-electron chi connectivity index (χ3n) is 7.32. The summed E-state index contributed by atoms with van der Waals surface area (Å²) in [5.41, 5.74) is 9.97. The number of aromatic nitrogens is 3. The van der Waals surface area contributed by atoms with Gasteiger partial charge >= 0.3 is 5.97 Å². The van der Waals surface area contributed by atoms with E-state index in [-0.39, 0.29) is 6.42 Å². The van der Waals surface area contributed by atoms with Crippen molar-refractivity contribution in [2.75, 3.05) is 6.54 Å². The SMILES string of the molecule is CC/C1=C/c2[nH]c(c(CC)c2C)Oc2[nH]c(c(CC)c2C)/C=c2/[nH]/c(c(CCC(=O)O)c2C)=C\CN1. The van der Waals surface area contributed by atoms with Gasteiger partial charge in [0.25, 0.3) is 0 Å². The summed E-state index contributed by atoms with van der Waals surface area (Å²) in [6.45, 7) is 13.4. The van der Waals surface area contributed by atoms with E-state index in [0.717, 1.165) is 75.5 Å². The summed E-state index contributed by atoms with van der Waals surface area (Å²) >= 11 is 0. The molecular weight excluding hydrogens is 452 g/mol. The van der Waals surface area contributed by atoms with Gasteiger partial charge in [-0.1, -0.05) is 20.8 Å². The molecule has 0 fully saturated rings. The zero-order valence-electron chi connectivity index (χ0n) is 22.2. The van der Waals surface area contributed by atoms with E-state index in [1.165, 1.54) is 16.7 Å². The van der Waals surface area contributed by atoms with Gasteiger partial charge < -0.3 is 30.1 Å². The summed E-state index contributed by atoms with van der Waals surface area (Å²) in [5.74, 6) is 0.734. The Morgan fingerprint density at radius 2 is 1.56 bits per heavy atom. The standard InChI is InChI=1S/C29H38N4O3/c1-7-19-14-24-16(4)21(9-3)29(32-24)36-28-18(6)20(8-2)26(33-28)15-25-17(5)22(10-11-27(34)35)23(31-25)12-13-30-19/h12,14-15,30-33H,7-11,13H2,1-6H3,(H,34,35)/b19-14-,23-12-,25-15+. The average molecular weight is 491 g/mol. The highest BCUT2D eigenvalue weighted by molar-refractivity contribution is 5.67. The molecule has 0 aliphatic carbocycles. The highest BCUT2D eigenvalue weighted by Crippen LogP contribution is 2.34. The first kappa shape index (κ1) is 25.5. The summed E-state index contributed by atoms with van der Waals surface area (Å²) in [4.78, 5) is 21.9. The van der Waals surface area contributed by atoms with Gasteiger partial charge in [-0.15, -0.1) is 0 Å². The van der Waals surface area contributed by atoms with Crippen LogP contribution in [0.3, 0.4) is 0 Å². The zero-order valence-corrected chi connectivity index (χ0v) is 22.2. The lowest BCUT2D eigenvalue weighted by Crippen LogP contribution is -2.19. The Morgan fingerprint density at radius 1 is 0.833 bits per heavy atom. The first-order valence-corrected chi connectivity index (χ1v) is 12.9. The number of H-pyrrole nitrogens is 3. The molecule has 0 unspecified atom stereocenters. The van der Waals surface area contributed by atoms with Gasteiger partial charge in [-0.3, -0.25) is 4.79 Å². The number of hydrogen-bond donors (Lipinski definition) is 5. The van der Waals surface area contributed by atoms with Gasteiger partial charge in [-0.05, 0) is 86.9 Å². The van der Waals surface area contributed by atoms with Crippen LogP contribution >= 0.6 is 0 Å². The van der Waals surface area contributed by atoms with E-state index in [1.54, 1.807) is 0 Å². The minimum absolute atomic E-state index is 0.0975. The number of fused-ring (bicyclic) bond motifs is 6. The summed E-state index contributed by atoms with van der Waals surface area (Å²) < 4.78 is 6.48. The average Bonchev–Trinajstić information content (AvgIpc) is 3.42. The molecule has 5 N–H and O–H groups in total. The van der Waals surface area contributed by atoms with Gasteiger partial charge in [0.15, 0.2) is 0 Å². The van der Waals surface area contributed by atoms with E-state index in [2.05, 4.69) is 80.0 Å². The quantitative estimate of drug-likeness (QED) is 0.351. The highest BCUT2D eigenvalue weighted by atomic mass is 16.5. The van der Waals surface area contributed by atoms with Gasteiger partial charge in [0.1, 0.15) is 0 Å². The molecule has 4 heterocycles. The second-order valence-corrected chi connectivity index (χ2v) is 9.45. The van der Waals surface area contributed by atoms with Crippen LogP contribution in [-0.4, -0.2) is 32.6 Å². The number of aromatic amines is 3. The molecule has 4 rings (SSSR count). The molecule has 3 aromatic heterocycles. The van der Waals surface area contributed by atoms with Crippen LogP contribution in [0.1, 0.15) is 78.4 Å². The number of allylic oxidation sites excluding steroid dienone is 1. The van der Waals surface area contributed by atoms with E-state index >= 15 is 0 Å². The fraction of sp³-hybridized carbons (Fsp3) is 0.414. The Labute approximate surface area is 212 Å². The predicted octanol–water partition coefficient (Wildman–Crippen LogP) is 4.49. The van der Waals surface area contributed by atoms with Gasteiger partial charge in [0.2, 0.25) is 11.8 Å². The largest absolute Gasteiger partial charge is 0.481 e. The van der Waals surface area contributed by atoms with Gasteiger partial charge in [-0.2, -0.15) is 0 Å². The van der Waals surface area contributed by atoms with Gasteiger partial charge in [-0.25, -0.2) is 0 Å². The molecule has 0 amide bonds. The summed E-state index contributed by atoms with van der Waals surface area (Å²) in [6.07, 6.45) is 9.58. The molecule has 7 nitrogen and oxygen atoms in total. The van der Waals surface area contributed by atoms with Crippen molar-refractivity contribution in [2.45, 2.75) is 73.6 Å². The molecule has 0 radical (unpaired) electrons. The molecule has 36 heavy (non-hydrogen) atoms. The number of carbonyl (C=O) groups is 1. The number of hydrogen-bond acceptors (Lipinski definition) is 3. The summed E-state index contributed by atoms with van der Waals surface area (Å²) in [5, 5.41) is 14.8. The van der Waals surface area contributed by atoms with Crippen LogP contribution in [0, 0.1) is 20.8 Å². The van der Waals surface area contributed by atoms with Crippen LogP contribution in [0.2, 0.25) is 0 Å². The number of rotatable bonds is 6. The predicted molar refractivity (Wildman–Crippen MR) is 145 cm³/mol. The first-order valence-electron chi connectivity index (χ1n) is 12.9. The molecule has 0 saturated heterocycles. The Kier molecular flexibility index (Phi) is 7.48. The van der Waals surface area contributed by atoms with Crippen molar-refractivity contribution in [1.29, 1.82) is 0 Å². The molecule has 0 spiro atoms. The third-order valence-corrected chi connectivity index (χ3v) is 7.32. The van der Waals surface area contributed by atoms with Crippen LogP contribution in [0.5, 0.6) is 11.8 Å².